The summed E-state index contributed by atoms with van der Waals surface area (Å²) in [6.45, 7) is 11.2. The van der Waals surface area contributed by atoms with Gasteiger partial charge >= 0.3 is 0 Å². The fourth-order valence-electron chi connectivity index (χ4n) is 6.36. The molecule has 3 aliphatic rings. The Kier molecular flexibility index (Phi) is 7.07. The minimum atomic E-state index is -1.19. The predicted molar refractivity (Wildman–Crippen MR) is 137 cm³/mol. The number of likely N-dealkylation sites (tertiary alicyclic amines) is 1. The lowest BCUT2D eigenvalue weighted by molar-refractivity contribution is -0.151. The van der Waals surface area contributed by atoms with Crippen LogP contribution in [-0.4, -0.2) is 82.7 Å². The molecule has 0 saturated carbocycles. The van der Waals surface area contributed by atoms with E-state index >= 15 is 0 Å². The van der Waals surface area contributed by atoms with Crippen LogP contribution in [0.2, 0.25) is 5.02 Å². The van der Waals surface area contributed by atoms with Gasteiger partial charge < -0.3 is 24.5 Å². The second-order valence-electron chi connectivity index (χ2n) is 10.2. The van der Waals surface area contributed by atoms with Crippen LogP contribution in [0, 0.1) is 11.8 Å². The van der Waals surface area contributed by atoms with Crippen molar-refractivity contribution in [3.63, 3.8) is 0 Å². The van der Waals surface area contributed by atoms with Crippen LogP contribution in [0.25, 0.3) is 0 Å². The van der Waals surface area contributed by atoms with E-state index < -0.39 is 35.1 Å². The second kappa shape index (κ2) is 9.65. The first-order chi connectivity index (χ1) is 17.1. The minimum absolute atomic E-state index is 0.164. The van der Waals surface area contributed by atoms with Gasteiger partial charge in [-0.3, -0.25) is 14.4 Å². The summed E-state index contributed by atoms with van der Waals surface area (Å²) >= 11 is 6.46. The van der Waals surface area contributed by atoms with Gasteiger partial charge in [0.1, 0.15) is 11.6 Å². The maximum Gasteiger partial charge on any atom is 0.253 e. The third-order valence-electron chi connectivity index (χ3n) is 7.95. The molecule has 1 aromatic rings. The Morgan fingerprint density at radius 3 is 2.53 bits per heavy atom. The van der Waals surface area contributed by atoms with Crippen molar-refractivity contribution in [2.24, 2.45) is 11.8 Å². The number of halogens is 1. The molecular weight excluding hydrogens is 482 g/mol. The van der Waals surface area contributed by atoms with Crippen LogP contribution in [0.4, 0.5) is 5.69 Å². The van der Waals surface area contributed by atoms with Crippen molar-refractivity contribution >= 4 is 35.0 Å². The van der Waals surface area contributed by atoms with Crippen molar-refractivity contribution in [2.75, 3.05) is 31.6 Å². The molecule has 3 fully saturated rings. The maximum atomic E-state index is 14.4. The number of amides is 3. The Labute approximate surface area is 217 Å². The number of anilines is 1. The average Bonchev–Trinajstić information content (AvgIpc) is 3.42. The molecule has 0 radical (unpaired) electrons. The van der Waals surface area contributed by atoms with E-state index in [2.05, 4.69) is 13.2 Å². The van der Waals surface area contributed by atoms with E-state index in [1.165, 1.54) is 14.7 Å². The smallest absolute Gasteiger partial charge is 0.253 e. The molecule has 8 nitrogen and oxygen atoms in total. The number of rotatable bonds is 9. The first-order valence-corrected chi connectivity index (χ1v) is 12.6. The van der Waals surface area contributed by atoms with E-state index in [0.717, 1.165) is 0 Å². The molecule has 0 aliphatic carbocycles. The second-order valence-corrected chi connectivity index (χ2v) is 10.6. The lowest BCUT2D eigenvalue weighted by Gasteiger charge is -2.38. The highest BCUT2D eigenvalue weighted by molar-refractivity contribution is 6.34. The summed E-state index contributed by atoms with van der Waals surface area (Å²) in [7, 11) is 1.67. The Balaban J connectivity index is 1.84. The molecule has 3 amide bonds. The number of likely N-dealkylation sites (N-methyl/N-ethyl adjacent to an activating group) is 1. The van der Waals surface area contributed by atoms with Crippen molar-refractivity contribution in [3.05, 3.63) is 54.6 Å². The molecule has 194 valence electrons. The van der Waals surface area contributed by atoms with Gasteiger partial charge in [-0.2, -0.15) is 0 Å². The molecule has 4 rings (SSSR count). The van der Waals surface area contributed by atoms with Gasteiger partial charge in [0, 0.05) is 20.1 Å². The van der Waals surface area contributed by atoms with Crippen molar-refractivity contribution < 1.29 is 24.2 Å². The van der Waals surface area contributed by atoms with Gasteiger partial charge in [-0.05, 0) is 38.8 Å². The largest absolute Gasteiger partial charge is 0.394 e. The van der Waals surface area contributed by atoms with Crippen molar-refractivity contribution in [3.8, 4) is 0 Å². The van der Waals surface area contributed by atoms with Crippen molar-refractivity contribution in [1.29, 1.82) is 0 Å². The fourth-order valence-corrected chi connectivity index (χ4v) is 6.59. The molecule has 0 aromatic heterocycles. The maximum absolute atomic E-state index is 14.4. The number of fused-ring (bicyclic) bond motifs is 1. The van der Waals surface area contributed by atoms with Gasteiger partial charge in [-0.15, -0.1) is 13.2 Å². The minimum Gasteiger partial charge on any atom is -0.394 e. The quantitative estimate of drug-likeness (QED) is 0.511. The molecule has 1 N–H and O–H groups in total. The normalized spacial score (nSPS) is 31.2. The Bertz CT molecular complexity index is 1090. The molecular formula is C27H34ClN3O5. The summed E-state index contributed by atoms with van der Waals surface area (Å²) in [6.07, 6.45) is 4.21. The first-order valence-electron chi connectivity index (χ1n) is 12.2. The topological polar surface area (TPSA) is 90.4 Å². The number of hydrogen-bond acceptors (Lipinski definition) is 5. The van der Waals surface area contributed by atoms with Crippen LogP contribution in [0.5, 0.6) is 0 Å². The summed E-state index contributed by atoms with van der Waals surface area (Å²) in [5, 5.41) is 10.4. The van der Waals surface area contributed by atoms with Gasteiger partial charge in [-0.25, -0.2) is 0 Å². The van der Waals surface area contributed by atoms with Crippen molar-refractivity contribution in [2.45, 2.75) is 50.0 Å². The Hall–Kier alpha value is -2.68. The molecule has 2 bridgehead atoms. The van der Waals surface area contributed by atoms with Gasteiger partial charge in [0.05, 0.1) is 40.8 Å². The highest BCUT2D eigenvalue weighted by Gasteiger charge is 2.78. The van der Waals surface area contributed by atoms with Gasteiger partial charge in [-0.1, -0.05) is 35.9 Å². The molecule has 3 saturated heterocycles. The van der Waals surface area contributed by atoms with Crippen LogP contribution in [0.1, 0.15) is 26.7 Å². The fraction of sp³-hybridized carbons (Fsp3) is 0.519. The molecule has 1 spiro atoms. The van der Waals surface area contributed by atoms with Crippen LogP contribution in [0.15, 0.2) is 49.6 Å². The van der Waals surface area contributed by atoms with E-state index in [-0.39, 0.29) is 30.9 Å². The third kappa shape index (κ3) is 3.78. The number of aliphatic hydroxyl groups excluding tert-OH is 1. The first kappa shape index (κ1) is 26.4. The van der Waals surface area contributed by atoms with Crippen LogP contribution < -0.4 is 4.90 Å². The third-order valence-corrected chi connectivity index (χ3v) is 8.27. The number of carbonyl (C=O) groups is 3. The van der Waals surface area contributed by atoms with E-state index in [4.69, 9.17) is 16.3 Å². The summed E-state index contributed by atoms with van der Waals surface area (Å²) in [5.41, 5.74) is -1.58. The van der Waals surface area contributed by atoms with Gasteiger partial charge in [0.25, 0.3) is 5.91 Å². The Morgan fingerprint density at radius 1 is 1.25 bits per heavy atom. The van der Waals surface area contributed by atoms with Crippen LogP contribution in [-0.2, 0) is 19.1 Å². The molecule has 3 aliphatic heterocycles. The number of hydrogen-bond donors (Lipinski definition) is 1. The molecule has 1 aromatic carbocycles. The standard InChI is InChI=1S/C27H34ClN3O5/c1-6-14-29(5)23(33)20-21-24(34)31(17(3)16-32)22(27(21)13-12-26(20,4)36-27)25(35)30(15-7-2)19-11-9-8-10-18(19)28/h6-11,17,20-22,32H,1-2,12-16H2,3-5H3/t17-,20+,21+,22?,26-,27?/m1/s1. The monoisotopic (exact) mass is 515 g/mol. The molecule has 2 unspecified atom stereocenters. The summed E-state index contributed by atoms with van der Waals surface area (Å²) in [4.78, 5) is 46.5. The zero-order valence-corrected chi connectivity index (χ0v) is 21.8. The summed E-state index contributed by atoms with van der Waals surface area (Å²) in [5.74, 6) is -2.52. The number of carbonyl (C=O) groups excluding carboxylic acids is 3. The molecule has 6 atom stereocenters. The summed E-state index contributed by atoms with van der Waals surface area (Å²) in [6, 6.07) is 5.30. The zero-order chi connectivity index (χ0) is 26.4. The number of ether oxygens (including phenoxy) is 1. The number of para-hydroxylation sites is 1. The molecule has 3 heterocycles. The SMILES string of the molecule is C=CCN(C)C(=O)[C@@H]1[C@H]2C(=O)N([C@H](C)CO)C(C(=O)N(CC=C)c3ccccc3Cl)C23CC[C@@]1(C)O3. The predicted octanol–water partition coefficient (Wildman–Crippen LogP) is 2.65. The van der Waals surface area contributed by atoms with Crippen LogP contribution >= 0.6 is 11.6 Å². The molecule has 36 heavy (non-hydrogen) atoms. The van der Waals surface area contributed by atoms with Crippen LogP contribution in [0.3, 0.4) is 0 Å². The van der Waals surface area contributed by atoms with Crippen molar-refractivity contribution in [1.82, 2.24) is 9.80 Å². The number of benzene rings is 1. The van der Waals surface area contributed by atoms with E-state index in [9.17, 15) is 19.5 Å². The zero-order valence-electron chi connectivity index (χ0n) is 21.0. The average molecular weight is 516 g/mol. The highest BCUT2D eigenvalue weighted by atomic mass is 35.5. The number of nitrogens with zero attached hydrogens (tertiary/aromatic N) is 3. The lowest BCUT2D eigenvalue weighted by Crippen LogP contribution is -2.58. The number of aliphatic hydroxyl groups is 1. The lowest BCUT2D eigenvalue weighted by atomic mass is 9.66. The van der Waals surface area contributed by atoms with Gasteiger partial charge in [0.15, 0.2) is 0 Å². The van der Waals surface area contributed by atoms with E-state index in [1.807, 2.05) is 6.92 Å². The highest BCUT2D eigenvalue weighted by Crippen LogP contribution is 2.63. The van der Waals surface area contributed by atoms with E-state index in [1.54, 1.807) is 50.4 Å². The van der Waals surface area contributed by atoms with Gasteiger partial charge in [0.2, 0.25) is 11.8 Å². The van der Waals surface area contributed by atoms with E-state index in [0.29, 0.717) is 30.1 Å². The summed E-state index contributed by atoms with van der Waals surface area (Å²) < 4.78 is 6.63. The molecule has 9 heteroatoms. The Morgan fingerprint density at radius 2 is 1.92 bits per heavy atom.